The molecule has 2 aromatic carbocycles. The van der Waals surface area contributed by atoms with Crippen LogP contribution in [0, 0.1) is 6.92 Å². The van der Waals surface area contributed by atoms with Gasteiger partial charge in [-0.3, -0.25) is 9.59 Å². The van der Waals surface area contributed by atoms with Crippen molar-refractivity contribution in [3.63, 3.8) is 0 Å². The number of methoxy groups -OCH3 is 1. The molecule has 0 aromatic heterocycles. The van der Waals surface area contributed by atoms with Crippen molar-refractivity contribution in [2.24, 2.45) is 0 Å². The first-order valence-electron chi connectivity index (χ1n) is 7.99. The van der Waals surface area contributed by atoms with Crippen LogP contribution >= 0.6 is 11.6 Å². The minimum Gasteiger partial charge on any atom is -0.495 e. The predicted octanol–water partition coefficient (Wildman–Crippen LogP) is 3.41. The van der Waals surface area contributed by atoms with E-state index in [2.05, 4.69) is 10.6 Å². The number of nitrogens with one attached hydrogen (secondary N) is 2. The second kappa shape index (κ2) is 9.05. The maximum absolute atomic E-state index is 12.1. The zero-order valence-corrected chi connectivity index (χ0v) is 15.8. The lowest BCUT2D eigenvalue weighted by molar-refractivity contribution is -0.119. The zero-order chi connectivity index (χ0) is 20.0. The predicted molar refractivity (Wildman–Crippen MR) is 102 cm³/mol. The monoisotopic (exact) mass is 390 g/mol. The molecule has 7 nitrogen and oxygen atoms in total. The minimum absolute atomic E-state index is 0.217. The molecule has 2 rings (SSSR count). The summed E-state index contributed by atoms with van der Waals surface area (Å²) in [7, 11) is 1.46. The van der Waals surface area contributed by atoms with E-state index in [-0.39, 0.29) is 11.5 Å². The smallest absolute Gasteiger partial charge is 0.338 e. The third-order valence-electron chi connectivity index (χ3n) is 3.51. The van der Waals surface area contributed by atoms with E-state index in [1.807, 2.05) is 0 Å². The molecule has 8 heteroatoms. The quantitative estimate of drug-likeness (QED) is 0.737. The van der Waals surface area contributed by atoms with Gasteiger partial charge in [-0.25, -0.2) is 4.79 Å². The molecule has 0 aliphatic heterocycles. The summed E-state index contributed by atoms with van der Waals surface area (Å²) in [5, 5.41) is 5.70. The number of halogens is 1. The van der Waals surface area contributed by atoms with Gasteiger partial charge in [0.15, 0.2) is 6.61 Å². The van der Waals surface area contributed by atoms with Crippen molar-refractivity contribution in [1.29, 1.82) is 0 Å². The second-order valence-electron chi connectivity index (χ2n) is 5.69. The van der Waals surface area contributed by atoms with Crippen LogP contribution in [-0.2, 0) is 14.3 Å². The van der Waals surface area contributed by atoms with Crippen LogP contribution in [-0.4, -0.2) is 31.5 Å². The summed E-state index contributed by atoms with van der Waals surface area (Å²) >= 11 is 6.03. The minimum atomic E-state index is -0.684. The van der Waals surface area contributed by atoms with Crippen molar-refractivity contribution < 1.29 is 23.9 Å². The number of carbonyl (C=O) groups excluding carboxylic acids is 3. The van der Waals surface area contributed by atoms with Crippen molar-refractivity contribution in [3.8, 4) is 5.75 Å². The fraction of sp³-hybridized carbons (Fsp3) is 0.211. The first kappa shape index (κ1) is 20.3. The number of aryl methyl sites for hydroxylation is 1. The number of anilines is 2. The molecule has 2 amide bonds. The molecule has 0 atom stereocenters. The van der Waals surface area contributed by atoms with Crippen LogP contribution < -0.4 is 15.4 Å². The molecule has 142 valence electrons. The largest absolute Gasteiger partial charge is 0.495 e. The van der Waals surface area contributed by atoms with Gasteiger partial charge in [-0.2, -0.15) is 0 Å². The van der Waals surface area contributed by atoms with Gasteiger partial charge in [-0.15, -0.1) is 0 Å². The summed E-state index contributed by atoms with van der Waals surface area (Å²) in [5.41, 5.74) is 1.87. The van der Waals surface area contributed by atoms with E-state index in [0.29, 0.717) is 22.1 Å². The van der Waals surface area contributed by atoms with E-state index in [4.69, 9.17) is 21.1 Å². The van der Waals surface area contributed by atoms with E-state index in [0.717, 1.165) is 5.56 Å². The van der Waals surface area contributed by atoms with Gasteiger partial charge in [-0.05, 0) is 36.8 Å². The van der Waals surface area contributed by atoms with Crippen molar-refractivity contribution in [1.82, 2.24) is 0 Å². The molecule has 0 spiro atoms. The fourth-order valence-electron chi connectivity index (χ4n) is 2.26. The van der Waals surface area contributed by atoms with Crippen molar-refractivity contribution in [3.05, 3.63) is 52.5 Å². The molecule has 0 saturated carbocycles. The molecular formula is C19H19ClN2O5. The van der Waals surface area contributed by atoms with E-state index >= 15 is 0 Å². The molecule has 0 heterocycles. The Morgan fingerprint density at radius 2 is 1.85 bits per heavy atom. The average Bonchev–Trinajstić information content (AvgIpc) is 2.62. The molecule has 0 radical (unpaired) electrons. The lowest BCUT2D eigenvalue weighted by Gasteiger charge is -2.12. The summed E-state index contributed by atoms with van der Waals surface area (Å²) in [5.74, 6) is -1.07. The maximum atomic E-state index is 12.1. The maximum Gasteiger partial charge on any atom is 0.338 e. The Labute approximate surface area is 161 Å². The number of hydrogen-bond donors (Lipinski definition) is 2. The molecule has 0 saturated heterocycles. The molecular weight excluding hydrogens is 372 g/mol. The Morgan fingerprint density at radius 1 is 1.11 bits per heavy atom. The molecule has 27 heavy (non-hydrogen) atoms. The molecule has 0 unspecified atom stereocenters. The molecule has 2 aromatic rings. The van der Waals surface area contributed by atoms with Gasteiger partial charge >= 0.3 is 5.97 Å². The van der Waals surface area contributed by atoms with Gasteiger partial charge in [0, 0.05) is 23.7 Å². The number of esters is 1. The Morgan fingerprint density at radius 3 is 2.52 bits per heavy atom. The second-order valence-corrected chi connectivity index (χ2v) is 6.10. The van der Waals surface area contributed by atoms with E-state index in [9.17, 15) is 14.4 Å². The molecule has 2 N–H and O–H groups in total. The van der Waals surface area contributed by atoms with Crippen LogP contribution in [0.4, 0.5) is 11.4 Å². The summed E-state index contributed by atoms with van der Waals surface area (Å²) < 4.78 is 10.2. The van der Waals surface area contributed by atoms with Gasteiger partial charge in [-0.1, -0.05) is 17.7 Å². The fourth-order valence-corrected chi connectivity index (χ4v) is 2.41. The summed E-state index contributed by atoms with van der Waals surface area (Å²) in [6.07, 6.45) is 0. The highest BCUT2D eigenvalue weighted by molar-refractivity contribution is 6.31. The molecule has 0 bridgehead atoms. The van der Waals surface area contributed by atoms with Crippen LogP contribution in [0.2, 0.25) is 5.02 Å². The average molecular weight is 391 g/mol. The SMILES string of the molecule is COc1cc(Cl)c(C)cc1NC(=O)COC(=O)c1cccc(NC(C)=O)c1. The van der Waals surface area contributed by atoms with Crippen molar-refractivity contribution >= 4 is 40.8 Å². The third kappa shape index (κ3) is 5.72. The van der Waals surface area contributed by atoms with Crippen LogP contribution in [0.5, 0.6) is 5.75 Å². The number of carbonyl (C=O) groups is 3. The van der Waals surface area contributed by atoms with E-state index in [1.54, 1.807) is 31.2 Å². The highest BCUT2D eigenvalue weighted by Gasteiger charge is 2.14. The van der Waals surface area contributed by atoms with Gasteiger partial charge in [0.25, 0.3) is 5.91 Å². The normalized spacial score (nSPS) is 10.1. The Hall–Kier alpha value is -3.06. The lowest BCUT2D eigenvalue weighted by Crippen LogP contribution is -2.21. The van der Waals surface area contributed by atoms with Gasteiger partial charge in [0.2, 0.25) is 5.91 Å². The summed E-state index contributed by atoms with van der Waals surface area (Å²) in [6.45, 7) is 2.68. The Kier molecular flexibility index (Phi) is 6.79. The summed E-state index contributed by atoms with van der Waals surface area (Å²) in [6, 6.07) is 9.48. The number of rotatable bonds is 6. The van der Waals surface area contributed by atoms with Crippen LogP contribution in [0.25, 0.3) is 0 Å². The molecule has 0 aliphatic carbocycles. The standard InChI is InChI=1S/C19H19ClN2O5/c1-11-7-16(17(26-3)9-15(11)20)22-18(24)10-27-19(25)13-5-4-6-14(8-13)21-12(2)23/h4-9H,10H2,1-3H3,(H,21,23)(H,22,24). The third-order valence-corrected chi connectivity index (χ3v) is 3.92. The number of ether oxygens (including phenoxy) is 2. The highest BCUT2D eigenvalue weighted by atomic mass is 35.5. The Bertz CT molecular complexity index is 882. The first-order valence-corrected chi connectivity index (χ1v) is 8.36. The highest BCUT2D eigenvalue weighted by Crippen LogP contribution is 2.30. The number of amides is 2. The summed E-state index contributed by atoms with van der Waals surface area (Å²) in [4.78, 5) is 35.3. The zero-order valence-electron chi connectivity index (χ0n) is 15.1. The van der Waals surface area contributed by atoms with Crippen molar-refractivity contribution in [2.45, 2.75) is 13.8 Å². The van der Waals surface area contributed by atoms with Crippen LogP contribution in [0.1, 0.15) is 22.8 Å². The van der Waals surface area contributed by atoms with Gasteiger partial charge in [0.1, 0.15) is 5.75 Å². The first-order chi connectivity index (χ1) is 12.8. The van der Waals surface area contributed by atoms with E-state index in [1.165, 1.54) is 26.2 Å². The van der Waals surface area contributed by atoms with Gasteiger partial charge < -0.3 is 20.1 Å². The van der Waals surface area contributed by atoms with E-state index < -0.39 is 18.5 Å². The number of hydrogen-bond acceptors (Lipinski definition) is 5. The molecule has 0 fully saturated rings. The lowest BCUT2D eigenvalue weighted by atomic mass is 10.2. The van der Waals surface area contributed by atoms with Gasteiger partial charge in [0.05, 0.1) is 18.4 Å². The topological polar surface area (TPSA) is 93.7 Å². The Balaban J connectivity index is 1.99. The van der Waals surface area contributed by atoms with Crippen LogP contribution in [0.3, 0.4) is 0 Å². The molecule has 0 aliphatic rings. The number of benzene rings is 2. The van der Waals surface area contributed by atoms with Crippen molar-refractivity contribution in [2.75, 3.05) is 24.4 Å². The van der Waals surface area contributed by atoms with Crippen LogP contribution in [0.15, 0.2) is 36.4 Å².